The van der Waals surface area contributed by atoms with Gasteiger partial charge in [0.15, 0.2) is 0 Å². The van der Waals surface area contributed by atoms with Gasteiger partial charge in [0.2, 0.25) is 0 Å². The molecule has 45 heavy (non-hydrogen) atoms. The fourth-order valence-corrected chi connectivity index (χ4v) is 5.84. The predicted octanol–water partition coefficient (Wildman–Crippen LogP) is 8.08. The normalized spacial score (nSPS) is 14.6. The Morgan fingerprint density at radius 2 is 1.13 bits per heavy atom. The molecule has 0 fully saturated rings. The maximum Gasteiger partial charge on any atom is 0.0711 e. The van der Waals surface area contributed by atoms with Gasteiger partial charge in [0, 0.05) is 50.9 Å². The van der Waals surface area contributed by atoms with Crippen LogP contribution in [0.25, 0.3) is 21.8 Å². The van der Waals surface area contributed by atoms with Crippen molar-refractivity contribution in [3.05, 3.63) is 155 Å². The van der Waals surface area contributed by atoms with Crippen LogP contribution in [-0.4, -0.2) is 11.0 Å². The molecule has 1 heterocycles. The lowest BCUT2D eigenvalue weighted by atomic mass is 9.91. The molecule has 0 amide bonds. The molecule has 6 heteroatoms. The highest BCUT2D eigenvalue weighted by Crippen LogP contribution is 2.27. The lowest BCUT2D eigenvalue weighted by Crippen LogP contribution is -2.26. The van der Waals surface area contributed by atoms with Crippen LogP contribution >= 0.6 is 0 Å². The standard InChI is InChI=1S/C39H36N6/c40-31-6-13-35(14-7-31)43-33-9-1-25(2-10-33)19-26-3-11-34(12-4-26)44-36-15-16-37(42)28(24-36)20-27-5-17-38-29(21-27)22-30-23-32(41)8-18-39(30)45-38/h1-15,17-18,21-24,37,43-44H,16,19-20,40-42H2. The minimum atomic E-state index is -0.00349. The number of nitrogen functional groups attached to an aromatic ring is 2. The van der Waals surface area contributed by atoms with Gasteiger partial charge in [-0.25, -0.2) is 4.98 Å². The summed E-state index contributed by atoms with van der Waals surface area (Å²) in [7, 11) is 0. The van der Waals surface area contributed by atoms with E-state index in [1.165, 1.54) is 22.3 Å². The van der Waals surface area contributed by atoms with Crippen molar-refractivity contribution in [3.63, 3.8) is 0 Å². The summed E-state index contributed by atoms with van der Waals surface area (Å²) in [4.78, 5) is 4.81. The Hall–Kier alpha value is -5.59. The highest BCUT2D eigenvalue weighted by atomic mass is 14.9. The van der Waals surface area contributed by atoms with Gasteiger partial charge >= 0.3 is 0 Å². The highest BCUT2D eigenvalue weighted by molar-refractivity contribution is 5.94. The molecule has 6 nitrogen and oxygen atoms in total. The summed E-state index contributed by atoms with van der Waals surface area (Å²) >= 11 is 0. The van der Waals surface area contributed by atoms with Gasteiger partial charge in [0.05, 0.1) is 11.0 Å². The quantitative estimate of drug-likeness (QED) is 0.0907. The zero-order valence-electron chi connectivity index (χ0n) is 25.0. The summed E-state index contributed by atoms with van der Waals surface area (Å²) in [5, 5.41) is 9.16. The largest absolute Gasteiger partial charge is 0.399 e. The number of nitrogens with one attached hydrogen (secondary N) is 2. The van der Waals surface area contributed by atoms with E-state index in [4.69, 9.17) is 22.2 Å². The minimum absolute atomic E-state index is 0.00349. The Bertz CT molecular complexity index is 2040. The average Bonchev–Trinajstić information content (AvgIpc) is 3.04. The van der Waals surface area contributed by atoms with Crippen LogP contribution in [0.3, 0.4) is 0 Å². The third-order valence-electron chi connectivity index (χ3n) is 8.32. The SMILES string of the molecule is Nc1ccc(Nc2ccc(Cc3ccc(NC4=CCC(N)C(Cc5ccc6nc7ccc(N)cc7cc6c5)=C4)cc3)cc2)cc1. The first kappa shape index (κ1) is 28.2. The van der Waals surface area contributed by atoms with Crippen LogP contribution in [0.15, 0.2) is 139 Å². The number of fused-ring (bicyclic) bond motifs is 2. The van der Waals surface area contributed by atoms with Crippen LogP contribution in [0.2, 0.25) is 0 Å². The molecule has 0 aliphatic heterocycles. The van der Waals surface area contributed by atoms with E-state index in [9.17, 15) is 0 Å². The molecular weight excluding hydrogens is 552 g/mol. The molecule has 1 unspecified atom stereocenters. The lowest BCUT2D eigenvalue weighted by molar-refractivity contribution is 0.744. The monoisotopic (exact) mass is 588 g/mol. The number of hydrogen-bond acceptors (Lipinski definition) is 6. The number of nitrogens with zero attached hydrogens (tertiary/aromatic N) is 1. The van der Waals surface area contributed by atoms with E-state index in [1.54, 1.807) is 0 Å². The van der Waals surface area contributed by atoms with Crippen molar-refractivity contribution in [1.29, 1.82) is 0 Å². The van der Waals surface area contributed by atoms with E-state index in [0.717, 1.165) is 75.2 Å². The van der Waals surface area contributed by atoms with E-state index < -0.39 is 0 Å². The second kappa shape index (κ2) is 12.2. The molecule has 0 saturated heterocycles. The first-order valence-corrected chi connectivity index (χ1v) is 15.3. The Morgan fingerprint density at radius 1 is 0.578 bits per heavy atom. The van der Waals surface area contributed by atoms with Gasteiger partial charge in [-0.05, 0) is 133 Å². The summed E-state index contributed by atoms with van der Waals surface area (Å²) in [6.45, 7) is 0. The van der Waals surface area contributed by atoms with E-state index in [-0.39, 0.29) is 6.04 Å². The number of aromatic nitrogens is 1. The number of rotatable bonds is 8. The van der Waals surface area contributed by atoms with Gasteiger partial charge in [-0.3, -0.25) is 0 Å². The van der Waals surface area contributed by atoms with Crippen molar-refractivity contribution in [3.8, 4) is 0 Å². The van der Waals surface area contributed by atoms with Gasteiger partial charge in [0.1, 0.15) is 0 Å². The number of allylic oxidation sites excluding steroid dienone is 1. The van der Waals surface area contributed by atoms with Gasteiger partial charge in [-0.2, -0.15) is 0 Å². The third kappa shape index (κ3) is 6.66. The number of hydrogen-bond donors (Lipinski definition) is 5. The summed E-state index contributed by atoms with van der Waals surface area (Å²) in [5.74, 6) is 0. The van der Waals surface area contributed by atoms with E-state index in [0.29, 0.717) is 0 Å². The molecule has 0 saturated carbocycles. The smallest absolute Gasteiger partial charge is 0.0711 e. The van der Waals surface area contributed by atoms with Crippen LogP contribution in [-0.2, 0) is 12.8 Å². The first-order valence-electron chi connectivity index (χ1n) is 15.3. The van der Waals surface area contributed by atoms with Crippen molar-refractivity contribution in [2.24, 2.45) is 5.73 Å². The summed E-state index contributed by atoms with van der Waals surface area (Å²) < 4.78 is 0. The number of anilines is 5. The number of pyridine rings is 1. The molecule has 7 rings (SSSR count). The lowest BCUT2D eigenvalue weighted by Gasteiger charge is -2.22. The molecule has 1 aliphatic rings. The second-order valence-corrected chi connectivity index (χ2v) is 11.8. The zero-order valence-corrected chi connectivity index (χ0v) is 25.0. The molecule has 1 atom stereocenters. The Kier molecular flexibility index (Phi) is 7.64. The Labute approximate surface area is 263 Å². The molecule has 8 N–H and O–H groups in total. The minimum Gasteiger partial charge on any atom is -0.399 e. The molecule has 1 aromatic heterocycles. The molecule has 6 aromatic rings. The number of nitrogens with two attached hydrogens (primary N) is 3. The van der Waals surface area contributed by atoms with Crippen molar-refractivity contribution in [2.75, 3.05) is 22.1 Å². The van der Waals surface area contributed by atoms with Gasteiger partial charge in [-0.15, -0.1) is 0 Å². The summed E-state index contributed by atoms with van der Waals surface area (Å²) in [5.41, 5.74) is 30.9. The van der Waals surface area contributed by atoms with E-state index >= 15 is 0 Å². The highest BCUT2D eigenvalue weighted by Gasteiger charge is 2.15. The molecule has 1 aliphatic carbocycles. The van der Waals surface area contributed by atoms with Gasteiger partial charge in [-0.1, -0.05) is 36.4 Å². The molecular formula is C39H36N6. The van der Waals surface area contributed by atoms with Gasteiger partial charge < -0.3 is 27.8 Å². The Morgan fingerprint density at radius 3 is 1.82 bits per heavy atom. The van der Waals surface area contributed by atoms with E-state index in [1.807, 2.05) is 42.5 Å². The molecule has 0 spiro atoms. The molecule has 5 aromatic carbocycles. The predicted molar refractivity (Wildman–Crippen MR) is 190 cm³/mol. The summed E-state index contributed by atoms with van der Waals surface area (Å²) in [6.07, 6.45) is 6.84. The third-order valence-corrected chi connectivity index (χ3v) is 8.32. The number of benzene rings is 5. The van der Waals surface area contributed by atoms with Crippen molar-refractivity contribution < 1.29 is 0 Å². The fourth-order valence-electron chi connectivity index (χ4n) is 5.84. The van der Waals surface area contributed by atoms with Crippen LogP contribution < -0.4 is 27.8 Å². The zero-order chi connectivity index (χ0) is 30.8. The van der Waals surface area contributed by atoms with Crippen LogP contribution in [0.5, 0.6) is 0 Å². The van der Waals surface area contributed by atoms with Crippen molar-refractivity contribution in [1.82, 2.24) is 4.98 Å². The van der Waals surface area contributed by atoms with Crippen LogP contribution in [0.1, 0.15) is 23.1 Å². The molecule has 0 radical (unpaired) electrons. The summed E-state index contributed by atoms with van der Waals surface area (Å²) in [6, 6.07) is 39.4. The van der Waals surface area contributed by atoms with Crippen molar-refractivity contribution >= 4 is 50.2 Å². The first-order chi connectivity index (χ1) is 21.9. The van der Waals surface area contributed by atoms with Crippen LogP contribution in [0, 0.1) is 0 Å². The maximum absolute atomic E-state index is 6.56. The van der Waals surface area contributed by atoms with Crippen molar-refractivity contribution in [2.45, 2.75) is 25.3 Å². The average molecular weight is 589 g/mol. The topological polar surface area (TPSA) is 115 Å². The molecule has 222 valence electrons. The fraction of sp³-hybridized carbons (Fsp3) is 0.103. The van der Waals surface area contributed by atoms with Gasteiger partial charge in [0.25, 0.3) is 0 Å². The van der Waals surface area contributed by atoms with Crippen LogP contribution in [0.4, 0.5) is 28.4 Å². The maximum atomic E-state index is 6.56. The Balaban J connectivity index is 0.989. The van der Waals surface area contributed by atoms with E-state index in [2.05, 4.69) is 95.6 Å². The second-order valence-electron chi connectivity index (χ2n) is 11.8. The molecule has 0 bridgehead atoms.